The van der Waals surface area contributed by atoms with Crippen molar-refractivity contribution in [2.45, 2.75) is 25.0 Å². The molecular weight excluding hydrogens is 206 g/mol. The Bertz CT molecular complexity index is 241. The van der Waals surface area contributed by atoms with Crippen molar-refractivity contribution in [1.82, 2.24) is 15.5 Å². The van der Waals surface area contributed by atoms with Crippen LogP contribution < -0.4 is 10.6 Å². The highest BCUT2D eigenvalue weighted by Gasteiger charge is 2.26. The molecule has 0 aromatic heterocycles. The highest BCUT2D eigenvalue weighted by Crippen LogP contribution is 2.10. The third kappa shape index (κ3) is 2.93. The predicted molar refractivity (Wildman–Crippen MR) is 61.3 cm³/mol. The van der Waals surface area contributed by atoms with Crippen LogP contribution in [0.5, 0.6) is 0 Å². The zero-order chi connectivity index (χ0) is 11.4. The van der Waals surface area contributed by atoms with E-state index in [9.17, 15) is 4.79 Å². The largest absolute Gasteiger partial charge is 0.376 e. The quantitative estimate of drug-likeness (QED) is 0.662. The van der Waals surface area contributed by atoms with Gasteiger partial charge in [-0.05, 0) is 19.9 Å². The number of likely N-dealkylation sites (N-methyl/N-ethyl adjacent to an activating group) is 1. The van der Waals surface area contributed by atoms with Crippen LogP contribution in [0.4, 0.5) is 0 Å². The number of nitrogens with one attached hydrogen (secondary N) is 2. The van der Waals surface area contributed by atoms with Gasteiger partial charge in [0.25, 0.3) is 0 Å². The Morgan fingerprint density at radius 3 is 3.19 bits per heavy atom. The Hall–Kier alpha value is -0.650. The van der Waals surface area contributed by atoms with Crippen LogP contribution >= 0.6 is 0 Å². The van der Waals surface area contributed by atoms with Crippen molar-refractivity contribution in [3.63, 3.8) is 0 Å². The van der Waals surface area contributed by atoms with Crippen LogP contribution in [0.25, 0.3) is 0 Å². The molecule has 5 nitrogen and oxygen atoms in total. The molecule has 2 saturated heterocycles. The van der Waals surface area contributed by atoms with Crippen molar-refractivity contribution in [3.8, 4) is 0 Å². The maximum atomic E-state index is 11.9. The molecule has 2 N–H and O–H groups in total. The summed E-state index contributed by atoms with van der Waals surface area (Å²) in [6.45, 7) is 4.13. The van der Waals surface area contributed by atoms with Crippen molar-refractivity contribution in [1.29, 1.82) is 0 Å². The number of nitrogens with zero attached hydrogens (tertiary/aromatic N) is 1. The average Bonchev–Trinajstić information content (AvgIpc) is 2.79. The number of carbonyl (C=O) groups excluding carboxylic acids is 1. The van der Waals surface area contributed by atoms with E-state index in [1.165, 1.54) is 0 Å². The number of ether oxygens (including phenoxy) is 1. The summed E-state index contributed by atoms with van der Waals surface area (Å²) in [5, 5.41) is 6.22. The number of piperazine rings is 1. The number of rotatable bonds is 3. The van der Waals surface area contributed by atoms with E-state index in [-0.39, 0.29) is 18.1 Å². The molecular formula is C11H21N3O2. The summed E-state index contributed by atoms with van der Waals surface area (Å²) < 4.78 is 5.47. The lowest BCUT2D eigenvalue weighted by Crippen LogP contribution is -2.56. The van der Waals surface area contributed by atoms with E-state index in [1.807, 2.05) is 7.05 Å². The minimum atomic E-state index is -0.0323. The van der Waals surface area contributed by atoms with Crippen molar-refractivity contribution < 1.29 is 9.53 Å². The van der Waals surface area contributed by atoms with Crippen LogP contribution in [0, 0.1) is 0 Å². The zero-order valence-corrected chi connectivity index (χ0v) is 9.87. The normalized spacial score (nSPS) is 31.6. The summed E-state index contributed by atoms with van der Waals surface area (Å²) >= 11 is 0. The fourth-order valence-electron chi connectivity index (χ4n) is 2.24. The lowest BCUT2D eigenvalue weighted by Gasteiger charge is -2.32. The summed E-state index contributed by atoms with van der Waals surface area (Å²) in [5.41, 5.74) is 0. The second-order valence-corrected chi connectivity index (χ2v) is 4.58. The standard InChI is InChI=1S/C11H21N3O2/c1-14-5-4-12-8-10(14)11(15)13-7-9-3-2-6-16-9/h9-10,12H,2-8H2,1H3,(H,13,15). The van der Waals surface area contributed by atoms with Crippen molar-refractivity contribution in [3.05, 3.63) is 0 Å². The molecule has 0 radical (unpaired) electrons. The van der Waals surface area contributed by atoms with Gasteiger partial charge in [0.2, 0.25) is 5.91 Å². The van der Waals surface area contributed by atoms with Gasteiger partial charge in [-0.15, -0.1) is 0 Å². The molecule has 5 heteroatoms. The number of amides is 1. The van der Waals surface area contributed by atoms with E-state index < -0.39 is 0 Å². The van der Waals surface area contributed by atoms with Gasteiger partial charge in [-0.3, -0.25) is 9.69 Å². The lowest BCUT2D eigenvalue weighted by molar-refractivity contribution is -0.127. The Kier molecular flexibility index (Phi) is 4.15. The predicted octanol–water partition coefficient (Wildman–Crippen LogP) is -0.815. The van der Waals surface area contributed by atoms with Crippen LogP contribution in [0.15, 0.2) is 0 Å². The third-order valence-corrected chi connectivity index (χ3v) is 3.34. The SMILES string of the molecule is CN1CCNCC1C(=O)NCC1CCCO1. The Balaban J connectivity index is 1.73. The zero-order valence-electron chi connectivity index (χ0n) is 9.87. The molecule has 2 aliphatic rings. The molecule has 1 amide bonds. The molecule has 2 aliphatic heterocycles. The average molecular weight is 227 g/mol. The molecule has 2 rings (SSSR count). The van der Waals surface area contributed by atoms with Crippen molar-refractivity contribution in [2.24, 2.45) is 0 Å². The van der Waals surface area contributed by atoms with Crippen LogP contribution in [0.2, 0.25) is 0 Å². The minimum absolute atomic E-state index is 0.0323. The van der Waals surface area contributed by atoms with E-state index in [0.29, 0.717) is 6.54 Å². The van der Waals surface area contributed by atoms with Crippen LogP contribution in [-0.4, -0.2) is 62.8 Å². The van der Waals surface area contributed by atoms with E-state index in [2.05, 4.69) is 15.5 Å². The van der Waals surface area contributed by atoms with E-state index in [0.717, 1.165) is 39.1 Å². The molecule has 92 valence electrons. The Labute approximate surface area is 96.5 Å². The lowest BCUT2D eigenvalue weighted by atomic mass is 10.2. The van der Waals surface area contributed by atoms with Gasteiger partial charge in [-0.25, -0.2) is 0 Å². The monoisotopic (exact) mass is 227 g/mol. The van der Waals surface area contributed by atoms with Gasteiger partial charge >= 0.3 is 0 Å². The van der Waals surface area contributed by atoms with Crippen LogP contribution in [0.3, 0.4) is 0 Å². The van der Waals surface area contributed by atoms with Gasteiger partial charge < -0.3 is 15.4 Å². The molecule has 16 heavy (non-hydrogen) atoms. The molecule has 2 fully saturated rings. The van der Waals surface area contributed by atoms with Gasteiger partial charge in [-0.1, -0.05) is 0 Å². The van der Waals surface area contributed by atoms with Gasteiger partial charge in [0, 0.05) is 32.8 Å². The first-order valence-corrected chi connectivity index (χ1v) is 6.07. The van der Waals surface area contributed by atoms with Gasteiger partial charge in [0.05, 0.1) is 6.10 Å². The summed E-state index contributed by atoms with van der Waals surface area (Å²) in [6, 6.07) is -0.0323. The first-order chi connectivity index (χ1) is 7.77. The van der Waals surface area contributed by atoms with Gasteiger partial charge in [-0.2, -0.15) is 0 Å². The Morgan fingerprint density at radius 2 is 2.50 bits per heavy atom. The van der Waals surface area contributed by atoms with Crippen LogP contribution in [0.1, 0.15) is 12.8 Å². The molecule has 0 aromatic carbocycles. The topological polar surface area (TPSA) is 53.6 Å². The van der Waals surface area contributed by atoms with Crippen molar-refractivity contribution in [2.75, 3.05) is 39.8 Å². The number of hydrogen-bond acceptors (Lipinski definition) is 4. The van der Waals surface area contributed by atoms with Gasteiger partial charge in [0.1, 0.15) is 6.04 Å². The minimum Gasteiger partial charge on any atom is -0.376 e. The maximum Gasteiger partial charge on any atom is 0.238 e. The molecule has 2 heterocycles. The van der Waals surface area contributed by atoms with E-state index in [1.54, 1.807) is 0 Å². The summed E-state index contributed by atoms with van der Waals surface area (Å²) in [7, 11) is 2.00. The highest BCUT2D eigenvalue weighted by molar-refractivity contribution is 5.82. The second-order valence-electron chi connectivity index (χ2n) is 4.58. The second kappa shape index (κ2) is 5.61. The maximum absolute atomic E-state index is 11.9. The fraction of sp³-hybridized carbons (Fsp3) is 0.909. The third-order valence-electron chi connectivity index (χ3n) is 3.34. The molecule has 0 saturated carbocycles. The molecule has 2 atom stereocenters. The number of carbonyl (C=O) groups is 1. The van der Waals surface area contributed by atoms with Crippen LogP contribution in [-0.2, 0) is 9.53 Å². The molecule has 0 spiro atoms. The summed E-state index contributed by atoms with van der Waals surface area (Å²) in [6.07, 6.45) is 2.41. The van der Waals surface area contributed by atoms with Crippen molar-refractivity contribution >= 4 is 5.91 Å². The smallest absolute Gasteiger partial charge is 0.238 e. The summed E-state index contributed by atoms with van der Waals surface area (Å²) in [4.78, 5) is 14.0. The molecule has 2 unspecified atom stereocenters. The van der Waals surface area contributed by atoms with Gasteiger partial charge in [0.15, 0.2) is 0 Å². The first-order valence-electron chi connectivity index (χ1n) is 6.07. The fourth-order valence-corrected chi connectivity index (χ4v) is 2.24. The molecule has 0 aliphatic carbocycles. The number of hydrogen-bond donors (Lipinski definition) is 2. The molecule has 0 aromatic rings. The van der Waals surface area contributed by atoms with E-state index in [4.69, 9.17) is 4.74 Å². The Morgan fingerprint density at radius 1 is 1.62 bits per heavy atom. The first kappa shape index (κ1) is 11.8. The summed E-state index contributed by atoms with van der Waals surface area (Å²) in [5.74, 6) is 0.116. The van der Waals surface area contributed by atoms with E-state index >= 15 is 0 Å². The molecule has 0 bridgehead atoms. The highest BCUT2D eigenvalue weighted by atomic mass is 16.5.